The molecule has 1 saturated heterocycles. The summed E-state index contributed by atoms with van der Waals surface area (Å²) in [5.41, 5.74) is 5.47. The van der Waals surface area contributed by atoms with Crippen LogP contribution in [0.3, 0.4) is 0 Å². The van der Waals surface area contributed by atoms with Gasteiger partial charge in [0.25, 0.3) is 5.91 Å². The number of amides is 2. The largest absolute Gasteiger partial charge is 0.504 e. The Bertz CT molecular complexity index is 530. The fraction of sp³-hybridized carbons (Fsp3) is 0.429. The molecule has 1 atom stereocenters. The average molecular weight is 278 g/mol. The number of primary amides is 1. The Kier molecular flexibility index (Phi) is 4.12. The van der Waals surface area contributed by atoms with Crippen LogP contribution >= 0.6 is 0 Å². The van der Waals surface area contributed by atoms with Crippen LogP contribution < -0.4 is 10.5 Å². The Hall–Kier alpha value is -2.24. The fourth-order valence-corrected chi connectivity index (χ4v) is 2.42. The maximum Gasteiger partial charge on any atom is 0.257 e. The second-order valence-electron chi connectivity index (χ2n) is 4.85. The molecule has 108 valence electrons. The first-order chi connectivity index (χ1) is 9.54. The molecule has 3 N–H and O–H groups in total. The van der Waals surface area contributed by atoms with Gasteiger partial charge in [-0.25, -0.2) is 0 Å². The van der Waals surface area contributed by atoms with Crippen molar-refractivity contribution < 1.29 is 19.4 Å². The number of para-hydroxylation sites is 1. The van der Waals surface area contributed by atoms with Gasteiger partial charge in [0.1, 0.15) is 0 Å². The standard InChI is InChI=1S/C14H18N2O4/c1-20-11-6-2-5-10(12(11)17)14(19)16-7-3-4-9(8-16)13(15)18/h2,5-6,9,17H,3-4,7-8H2,1H3,(H2,15,18). The topological polar surface area (TPSA) is 92.9 Å². The number of piperidine rings is 1. The number of ether oxygens (including phenoxy) is 1. The zero-order valence-corrected chi connectivity index (χ0v) is 11.3. The summed E-state index contributed by atoms with van der Waals surface area (Å²) in [5.74, 6) is -0.953. The van der Waals surface area contributed by atoms with Gasteiger partial charge in [0.15, 0.2) is 11.5 Å². The summed E-state index contributed by atoms with van der Waals surface area (Å²) in [7, 11) is 1.42. The summed E-state index contributed by atoms with van der Waals surface area (Å²) in [4.78, 5) is 25.2. The van der Waals surface area contributed by atoms with E-state index in [1.807, 2.05) is 0 Å². The maximum atomic E-state index is 12.4. The van der Waals surface area contributed by atoms with E-state index < -0.39 is 5.91 Å². The van der Waals surface area contributed by atoms with Crippen molar-refractivity contribution in [3.05, 3.63) is 23.8 Å². The van der Waals surface area contributed by atoms with Crippen LogP contribution in [0, 0.1) is 5.92 Å². The molecule has 0 aromatic heterocycles. The lowest BCUT2D eigenvalue weighted by atomic mass is 9.97. The molecule has 6 nitrogen and oxygen atoms in total. The van der Waals surface area contributed by atoms with Gasteiger partial charge in [-0.2, -0.15) is 0 Å². The third kappa shape index (κ3) is 2.68. The van der Waals surface area contributed by atoms with Crippen LogP contribution in [0.4, 0.5) is 0 Å². The third-order valence-corrected chi connectivity index (χ3v) is 3.56. The van der Waals surface area contributed by atoms with Crippen LogP contribution in [0.1, 0.15) is 23.2 Å². The third-order valence-electron chi connectivity index (χ3n) is 3.56. The molecule has 0 saturated carbocycles. The van der Waals surface area contributed by atoms with E-state index >= 15 is 0 Å². The average Bonchev–Trinajstić information content (AvgIpc) is 2.47. The van der Waals surface area contributed by atoms with E-state index in [0.29, 0.717) is 19.5 Å². The van der Waals surface area contributed by atoms with Crippen LogP contribution in [0.2, 0.25) is 0 Å². The van der Waals surface area contributed by atoms with Gasteiger partial charge in [0.05, 0.1) is 18.6 Å². The SMILES string of the molecule is COc1cccc(C(=O)N2CCCC(C(N)=O)C2)c1O. The second-order valence-corrected chi connectivity index (χ2v) is 4.85. The first kappa shape index (κ1) is 14.2. The first-order valence-electron chi connectivity index (χ1n) is 6.49. The van der Waals surface area contributed by atoms with Gasteiger partial charge in [-0.15, -0.1) is 0 Å². The van der Waals surface area contributed by atoms with Crippen molar-refractivity contribution in [1.82, 2.24) is 4.90 Å². The summed E-state index contributed by atoms with van der Waals surface area (Å²) >= 11 is 0. The number of nitrogens with two attached hydrogens (primary N) is 1. The van der Waals surface area contributed by atoms with Gasteiger partial charge in [0.2, 0.25) is 5.91 Å². The van der Waals surface area contributed by atoms with Crippen molar-refractivity contribution >= 4 is 11.8 Å². The van der Waals surface area contributed by atoms with Gasteiger partial charge in [0, 0.05) is 13.1 Å². The van der Waals surface area contributed by atoms with Crippen LogP contribution in [0.15, 0.2) is 18.2 Å². The maximum absolute atomic E-state index is 12.4. The summed E-state index contributed by atoms with van der Waals surface area (Å²) < 4.78 is 4.99. The number of likely N-dealkylation sites (tertiary alicyclic amines) is 1. The number of methoxy groups -OCH3 is 1. The lowest BCUT2D eigenvalue weighted by molar-refractivity contribution is -0.123. The lowest BCUT2D eigenvalue weighted by Gasteiger charge is -2.31. The van der Waals surface area contributed by atoms with Gasteiger partial charge in [-0.1, -0.05) is 6.07 Å². The van der Waals surface area contributed by atoms with E-state index in [1.165, 1.54) is 13.2 Å². The summed E-state index contributed by atoms with van der Waals surface area (Å²) in [5, 5.41) is 10.0. The minimum absolute atomic E-state index is 0.175. The smallest absolute Gasteiger partial charge is 0.257 e. The molecule has 0 bridgehead atoms. The molecule has 1 unspecified atom stereocenters. The van der Waals surface area contributed by atoms with Gasteiger partial charge < -0.3 is 20.5 Å². The van der Waals surface area contributed by atoms with Gasteiger partial charge >= 0.3 is 0 Å². The Morgan fingerprint density at radius 3 is 2.85 bits per heavy atom. The van der Waals surface area contributed by atoms with Gasteiger partial charge in [-0.3, -0.25) is 9.59 Å². The first-order valence-corrected chi connectivity index (χ1v) is 6.49. The fourth-order valence-electron chi connectivity index (χ4n) is 2.42. The van der Waals surface area contributed by atoms with Crippen molar-refractivity contribution in [3.8, 4) is 11.5 Å². The van der Waals surface area contributed by atoms with Gasteiger partial charge in [-0.05, 0) is 25.0 Å². The Morgan fingerprint density at radius 1 is 1.45 bits per heavy atom. The molecular weight excluding hydrogens is 260 g/mol. The molecule has 0 radical (unpaired) electrons. The number of carbonyl (C=O) groups excluding carboxylic acids is 2. The Morgan fingerprint density at radius 2 is 2.20 bits per heavy atom. The number of hydrogen-bond acceptors (Lipinski definition) is 4. The van der Waals surface area contributed by atoms with Crippen LogP contribution in [0.5, 0.6) is 11.5 Å². The minimum Gasteiger partial charge on any atom is -0.504 e. The van der Waals surface area contributed by atoms with Crippen LogP contribution in [0.25, 0.3) is 0 Å². The Labute approximate surface area is 117 Å². The number of rotatable bonds is 3. The molecule has 20 heavy (non-hydrogen) atoms. The zero-order valence-electron chi connectivity index (χ0n) is 11.3. The number of benzene rings is 1. The van der Waals surface area contributed by atoms with Crippen molar-refractivity contribution in [2.75, 3.05) is 20.2 Å². The Balaban J connectivity index is 2.21. The highest BCUT2D eigenvalue weighted by Crippen LogP contribution is 2.31. The molecule has 2 amide bonds. The molecule has 2 rings (SSSR count). The molecular formula is C14H18N2O4. The molecule has 1 fully saturated rings. The van der Waals surface area contributed by atoms with Crippen LogP contribution in [-0.2, 0) is 4.79 Å². The molecule has 6 heteroatoms. The second kappa shape index (κ2) is 5.81. The van der Waals surface area contributed by atoms with E-state index in [9.17, 15) is 14.7 Å². The number of phenolic OH excluding ortho intramolecular Hbond substituents is 1. The number of hydrogen-bond donors (Lipinski definition) is 2. The number of phenols is 1. The highest BCUT2D eigenvalue weighted by atomic mass is 16.5. The summed E-state index contributed by atoms with van der Waals surface area (Å²) in [6.45, 7) is 0.851. The predicted molar refractivity (Wildman–Crippen MR) is 72.5 cm³/mol. The number of carbonyl (C=O) groups is 2. The predicted octanol–water partition coefficient (Wildman–Crippen LogP) is 0.738. The molecule has 1 heterocycles. The molecule has 1 aliphatic rings. The van der Waals surface area contributed by atoms with Crippen LogP contribution in [-0.4, -0.2) is 42.0 Å². The van der Waals surface area contributed by atoms with Crippen molar-refractivity contribution in [2.45, 2.75) is 12.8 Å². The minimum atomic E-state index is -0.391. The van der Waals surface area contributed by atoms with E-state index in [2.05, 4.69) is 0 Å². The molecule has 1 aromatic rings. The van der Waals surface area contributed by atoms with E-state index in [-0.39, 0.29) is 28.9 Å². The summed E-state index contributed by atoms with van der Waals surface area (Å²) in [6.07, 6.45) is 1.42. The van der Waals surface area contributed by atoms with E-state index in [0.717, 1.165) is 6.42 Å². The lowest BCUT2D eigenvalue weighted by Crippen LogP contribution is -2.44. The number of aromatic hydroxyl groups is 1. The molecule has 1 aromatic carbocycles. The van der Waals surface area contributed by atoms with E-state index in [1.54, 1.807) is 17.0 Å². The zero-order chi connectivity index (χ0) is 14.7. The quantitative estimate of drug-likeness (QED) is 0.852. The molecule has 0 spiro atoms. The van der Waals surface area contributed by atoms with E-state index in [4.69, 9.17) is 10.5 Å². The summed E-state index contributed by atoms with van der Waals surface area (Å²) in [6, 6.07) is 4.75. The normalized spacial score (nSPS) is 18.6. The van der Waals surface area contributed by atoms with Crippen molar-refractivity contribution in [2.24, 2.45) is 11.7 Å². The monoisotopic (exact) mass is 278 g/mol. The van der Waals surface area contributed by atoms with Crippen molar-refractivity contribution in [1.29, 1.82) is 0 Å². The highest BCUT2D eigenvalue weighted by molar-refractivity contribution is 5.98. The molecule has 1 aliphatic heterocycles. The van der Waals surface area contributed by atoms with Crippen molar-refractivity contribution in [3.63, 3.8) is 0 Å². The molecule has 0 aliphatic carbocycles. The highest BCUT2D eigenvalue weighted by Gasteiger charge is 2.29. The number of nitrogens with zero attached hydrogens (tertiary/aromatic N) is 1.